The number of likely N-dealkylation sites (N-methyl/N-ethyl adjacent to an activating group) is 1. The number of benzene rings is 1. The summed E-state index contributed by atoms with van der Waals surface area (Å²) in [4.78, 5) is 13.6. The van der Waals surface area contributed by atoms with E-state index in [2.05, 4.69) is 5.16 Å². The summed E-state index contributed by atoms with van der Waals surface area (Å²) in [6.07, 6.45) is 0. The average molecular weight is 294 g/mol. The average Bonchev–Trinajstić information content (AvgIpc) is 2.53. The van der Waals surface area contributed by atoms with Gasteiger partial charge in [0, 0.05) is 18.7 Å². The van der Waals surface area contributed by atoms with Gasteiger partial charge >= 0.3 is 0 Å². The zero-order chi connectivity index (χ0) is 15.8. The fourth-order valence-electron chi connectivity index (χ4n) is 1.88. The summed E-state index contributed by atoms with van der Waals surface area (Å²) in [5.41, 5.74) is 1.19. The van der Waals surface area contributed by atoms with E-state index < -0.39 is 0 Å². The highest BCUT2D eigenvalue weighted by Gasteiger charge is 2.13. The second kappa shape index (κ2) is 8.14. The van der Waals surface area contributed by atoms with Crippen LogP contribution in [0.2, 0.25) is 0 Å². The molecule has 6 nitrogen and oxygen atoms in total. The summed E-state index contributed by atoms with van der Waals surface area (Å²) < 4.78 is 10.8. The largest absolute Gasteiger partial charge is 0.493 e. The summed E-state index contributed by atoms with van der Waals surface area (Å²) in [6.45, 7) is 6.80. The van der Waals surface area contributed by atoms with Crippen molar-refractivity contribution < 1.29 is 19.5 Å². The number of oxime groups is 1. The topological polar surface area (TPSA) is 71.4 Å². The van der Waals surface area contributed by atoms with Crippen molar-refractivity contribution in [2.45, 2.75) is 20.8 Å². The zero-order valence-electron chi connectivity index (χ0n) is 12.9. The molecule has 0 heterocycles. The monoisotopic (exact) mass is 294 g/mol. The minimum Gasteiger partial charge on any atom is -0.493 e. The lowest BCUT2D eigenvalue weighted by Gasteiger charge is -2.19. The Morgan fingerprint density at radius 3 is 2.48 bits per heavy atom. The molecule has 0 aliphatic heterocycles. The lowest BCUT2D eigenvalue weighted by molar-refractivity contribution is -0.132. The Labute approximate surface area is 125 Å². The first-order chi connectivity index (χ1) is 10.1. The molecule has 0 atom stereocenters. The molecule has 0 aliphatic rings. The summed E-state index contributed by atoms with van der Waals surface area (Å²) >= 11 is 0. The van der Waals surface area contributed by atoms with Gasteiger partial charge in [-0.15, -0.1) is 0 Å². The molecule has 116 valence electrons. The Morgan fingerprint density at radius 2 is 1.95 bits per heavy atom. The molecule has 1 amide bonds. The number of hydrogen-bond donors (Lipinski definition) is 1. The van der Waals surface area contributed by atoms with Crippen molar-refractivity contribution in [2.75, 3.05) is 26.8 Å². The van der Waals surface area contributed by atoms with E-state index in [1.165, 1.54) is 7.11 Å². The van der Waals surface area contributed by atoms with Crippen LogP contribution in [0.1, 0.15) is 26.3 Å². The third kappa shape index (κ3) is 4.37. The number of carbonyl (C=O) groups is 1. The van der Waals surface area contributed by atoms with Gasteiger partial charge in [0.25, 0.3) is 5.91 Å². The Balaban J connectivity index is 2.82. The van der Waals surface area contributed by atoms with Gasteiger partial charge in [0.1, 0.15) is 0 Å². The van der Waals surface area contributed by atoms with E-state index in [0.29, 0.717) is 30.3 Å². The van der Waals surface area contributed by atoms with Crippen LogP contribution in [0.15, 0.2) is 23.4 Å². The van der Waals surface area contributed by atoms with Crippen molar-refractivity contribution in [3.63, 3.8) is 0 Å². The molecule has 0 radical (unpaired) electrons. The minimum atomic E-state index is -0.0702. The van der Waals surface area contributed by atoms with Crippen LogP contribution in [0.25, 0.3) is 0 Å². The normalized spacial score (nSPS) is 11.1. The van der Waals surface area contributed by atoms with Crippen LogP contribution in [0, 0.1) is 0 Å². The molecular formula is C15H22N2O4. The summed E-state index contributed by atoms with van der Waals surface area (Å²) in [5.74, 6) is 0.898. The standard InChI is InChI=1S/C15H22N2O4/c1-5-17(6-2)15(18)10-21-13-8-7-12(11(3)16-19)9-14(13)20-4/h7-9,19H,5-6,10H2,1-4H3/b16-11+. The number of nitrogens with zero attached hydrogens (tertiary/aromatic N) is 2. The fraction of sp³-hybridized carbons (Fsp3) is 0.467. The SMILES string of the molecule is CCN(CC)C(=O)COc1ccc(/C(C)=N/O)cc1OC. The van der Waals surface area contributed by atoms with Gasteiger partial charge in [0.15, 0.2) is 18.1 Å². The third-order valence-electron chi connectivity index (χ3n) is 3.20. The first-order valence-electron chi connectivity index (χ1n) is 6.84. The lowest BCUT2D eigenvalue weighted by atomic mass is 10.1. The van der Waals surface area contributed by atoms with E-state index in [1.807, 2.05) is 13.8 Å². The van der Waals surface area contributed by atoms with Crippen LogP contribution in [0.5, 0.6) is 11.5 Å². The maximum atomic E-state index is 11.9. The van der Waals surface area contributed by atoms with Gasteiger partial charge < -0.3 is 19.6 Å². The molecule has 6 heteroatoms. The van der Waals surface area contributed by atoms with E-state index in [9.17, 15) is 4.79 Å². The zero-order valence-corrected chi connectivity index (χ0v) is 12.9. The number of rotatable bonds is 7. The molecule has 0 saturated heterocycles. The maximum Gasteiger partial charge on any atom is 0.260 e. The highest BCUT2D eigenvalue weighted by Crippen LogP contribution is 2.28. The Morgan fingerprint density at radius 1 is 1.29 bits per heavy atom. The number of methoxy groups -OCH3 is 1. The van der Waals surface area contributed by atoms with Crippen LogP contribution < -0.4 is 9.47 Å². The molecule has 0 aliphatic carbocycles. The van der Waals surface area contributed by atoms with Crippen molar-refractivity contribution in [1.82, 2.24) is 4.90 Å². The molecule has 1 aromatic carbocycles. The Hall–Kier alpha value is -2.24. The van der Waals surface area contributed by atoms with Gasteiger partial charge in [-0.25, -0.2) is 0 Å². The van der Waals surface area contributed by atoms with Gasteiger partial charge in [-0.2, -0.15) is 0 Å². The van der Waals surface area contributed by atoms with Crippen LogP contribution in [-0.4, -0.2) is 48.5 Å². The van der Waals surface area contributed by atoms with Crippen molar-refractivity contribution >= 4 is 11.6 Å². The van der Waals surface area contributed by atoms with Crippen LogP contribution in [-0.2, 0) is 4.79 Å². The second-order valence-corrected chi connectivity index (χ2v) is 4.41. The smallest absolute Gasteiger partial charge is 0.260 e. The molecule has 1 aromatic rings. The lowest BCUT2D eigenvalue weighted by Crippen LogP contribution is -2.34. The van der Waals surface area contributed by atoms with Crippen molar-refractivity contribution in [2.24, 2.45) is 5.16 Å². The van der Waals surface area contributed by atoms with Gasteiger partial charge in [-0.1, -0.05) is 5.16 Å². The number of hydrogen-bond acceptors (Lipinski definition) is 5. The molecule has 0 spiro atoms. The summed E-state index contributed by atoms with van der Waals surface area (Å²) in [5, 5.41) is 11.9. The highest BCUT2D eigenvalue weighted by molar-refractivity contribution is 5.98. The van der Waals surface area contributed by atoms with Crippen LogP contribution in [0.4, 0.5) is 0 Å². The molecule has 0 unspecified atom stereocenters. The predicted molar refractivity (Wildman–Crippen MR) is 80.4 cm³/mol. The molecule has 1 N–H and O–H groups in total. The minimum absolute atomic E-state index is 0.0372. The second-order valence-electron chi connectivity index (χ2n) is 4.41. The number of amides is 1. The van der Waals surface area contributed by atoms with Crippen LogP contribution in [0.3, 0.4) is 0 Å². The van der Waals surface area contributed by atoms with Crippen molar-refractivity contribution in [1.29, 1.82) is 0 Å². The van der Waals surface area contributed by atoms with Gasteiger partial charge in [0.2, 0.25) is 0 Å². The summed E-state index contributed by atoms with van der Waals surface area (Å²) in [7, 11) is 1.52. The van der Waals surface area contributed by atoms with E-state index >= 15 is 0 Å². The molecule has 0 aromatic heterocycles. The van der Waals surface area contributed by atoms with Gasteiger partial charge in [-0.05, 0) is 39.0 Å². The Bertz CT molecular complexity index is 510. The molecular weight excluding hydrogens is 272 g/mol. The summed E-state index contributed by atoms with van der Waals surface area (Å²) in [6, 6.07) is 5.14. The molecule has 1 rings (SSSR count). The van der Waals surface area contributed by atoms with Crippen LogP contribution >= 0.6 is 0 Å². The predicted octanol–water partition coefficient (Wildman–Crippen LogP) is 2.14. The number of carbonyl (C=O) groups excluding carboxylic acids is 1. The first-order valence-corrected chi connectivity index (χ1v) is 6.84. The van der Waals surface area contributed by atoms with E-state index in [1.54, 1.807) is 30.0 Å². The maximum absolute atomic E-state index is 11.9. The molecule has 0 saturated carbocycles. The third-order valence-corrected chi connectivity index (χ3v) is 3.20. The van der Waals surface area contributed by atoms with E-state index in [4.69, 9.17) is 14.7 Å². The van der Waals surface area contributed by atoms with Crippen molar-refractivity contribution in [3.8, 4) is 11.5 Å². The highest BCUT2D eigenvalue weighted by atomic mass is 16.5. The van der Waals surface area contributed by atoms with Gasteiger partial charge in [-0.3, -0.25) is 4.79 Å². The first kappa shape index (κ1) is 16.8. The van der Waals surface area contributed by atoms with Gasteiger partial charge in [0.05, 0.1) is 12.8 Å². The quantitative estimate of drug-likeness (QED) is 0.475. The van der Waals surface area contributed by atoms with Crippen molar-refractivity contribution in [3.05, 3.63) is 23.8 Å². The number of ether oxygens (including phenoxy) is 2. The molecule has 21 heavy (non-hydrogen) atoms. The Kier molecular flexibility index (Phi) is 6.52. The van der Waals surface area contributed by atoms with E-state index in [-0.39, 0.29) is 12.5 Å². The fourth-order valence-corrected chi connectivity index (χ4v) is 1.88. The van der Waals surface area contributed by atoms with E-state index in [0.717, 1.165) is 5.56 Å². The molecule has 0 fully saturated rings. The molecule has 0 bridgehead atoms.